The van der Waals surface area contributed by atoms with Gasteiger partial charge in [-0.1, -0.05) is 17.3 Å². The molecule has 0 saturated carbocycles. The average molecular weight is 517 g/mol. The van der Waals surface area contributed by atoms with E-state index in [1.807, 2.05) is 11.0 Å². The van der Waals surface area contributed by atoms with Gasteiger partial charge in [0, 0.05) is 63.9 Å². The van der Waals surface area contributed by atoms with Crippen molar-refractivity contribution in [3.8, 4) is 0 Å². The molecule has 2 heterocycles. The lowest BCUT2D eigenvalue weighted by Gasteiger charge is -2.38. The number of hydrogen-bond donors (Lipinski definition) is 3. The number of nitrogens with one attached hydrogen (secondary N) is 1. The molecule has 1 amide bonds. The molecule has 0 aromatic heterocycles. The number of aliphatic hydroxyl groups is 1. The van der Waals surface area contributed by atoms with Gasteiger partial charge in [-0.25, -0.2) is 17.5 Å². The molecular weight excluding hydrogens is 488 g/mol. The summed E-state index contributed by atoms with van der Waals surface area (Å²) in [4.78, 5) is 31.1. The number of carbonyl (C=O) groups is 2. The van der Waals surface area contributed by atoms with Crippen LogP contribution in [0, 0.1) is 5.92 Å². The van der Waals surface area contributed by atoms with Crippen molar-refractivity contribution in [3.63, 3.8) is 0 Å². The van der Waals surface area contributed by atoms with Crippen molar-refractivity contribution < 1.29 is 33.1 Å². The molecule has 36 heavy (non-hydrogen) atoms. The first-order valence-corrected chi connectivity index (χ1v) is 12.8. The topological polar surface area (TPSA) is 149 Å². The Morgan fingerprint density at radius 2 is 1.97 bits per heavy atom. The van der Waals surface area contributed by atoms with Crippen molar-refractivity contribution >= 4 is 33.3 Å². The summed E-state index contributed by atoms with van der Waals surface area (Å²) in [5.74, 6) is -1.34. The molecule has 1 aromatic carbocycles. The number of fused-ring (bicyclic) bond motifs is 2. The van der Waals surface area contributed by atoms with E-state index in [9.17, 15) is 23.1 Å². The third-order valence-electron chi connectivity index (χ3n) is 6.38. The predicted molar refractivity (Wildman–Crippen MR) is 131 cm³/mol. The number of carbonyl (C=O) groups excluding carboxylic acids is 1. The van der Waals surface area contributed by atoms with Crippen LogP contribution in [-0.2, 0) is 24.4 Å². The van der Waals surface area contributed by atoms with Crippen molar-refractivity contribution in [1.82, 2.24) is 14.5 Å². The lowest BCUT2D eigenvalue weighted by molar-refractivity contribution is -0.151. The number of hydrogen-bond acceptors (Lipinski definition) is 7. The summed E-state index contributed by atoms with van der Waals surface area (Å²) in [5.41, 5.74) is 3.61. The number of oxime groups is 1. The molecule has 1 fully saturated rings. The van der Waals surface area contributed by atoms with Crippen LogP contribution in [0.1, 0.15) is 18.4 Å². The van der Waals surface area contributed by atoms with Gasteiger partial charge in [0.05, 0.1) is 10.6 Å². The van der Waals surface area contributed by atoms with Gasteiger partial charge in [-0.2, -0.15) is 0 Å². The van der Waals surface area contributed by atoms with Crippen LogP contribution in [0.5, 0.6) is 0 Å². The van der Waals surface area contributed by atoms with E-state index in [2.05, 4.69) is 10.5 Å². The van der Waals surface area contributed by atoms with Gasteiger partial charge >= 0.3 is 5.97 Å². The Hall–Kier alpha value is -3.48. The predicted octanol–water partition coefficient (Wildman–Crippen LogP) is 0.762. The molecule has 1 aliphatic carbocycles. The molecule has 4 rings (SSSR count). The van der Waals surface area contributed by atoms with Crippen molar-refractivity contribution in [2.45, 2.75) is 23.8 Å². The number of piperidine rings is 1. The van der Waals surface area contributed by atoms with E-state index in [-0.39, 0.29) is 29.7 Å². The largest absolute Gasteiger partial charge is 0.478 e. The molecule has 2 atom stereocenters. The van der Waals surface area contributed by atoms with Crippen LogP contribution in [0.3, 0.4) is 0 Å². The number of allylic oxidation sites excluding steroid dienone is 2. The molecule has 0 radical (unpaired) electrons. The number of rotatable bonds is 8. The maximum Gasteiger partial charge on any atom is 0.347 e. The standard InChI is InChI=1S/C24H28N4O7S/c1-27(2)36(33,34)16-6-4-14(5-7-16)18-12-15-13-20(30)25-22(15)21-17(18)8-10-28(3)23(21)26-35-19(9-11-29)24(31)32/h4-7,12-13,17,19,29H,8-11H2,1-3H3,(H,25,30)(H,31,32)/t17?,19-/m0/s1. The van der Waals surface area contributed by atoms with Crippen LogP contribution in [0.2, 0.25) is 0 Å². The Morgan fingerprint density at radius 3 is 2.58 bits per heavy atom. The van der Waals surface area contributed by atoms with Gasteiger partial charge < -0.3 is 25.3 Å². The molecule has 3 aliphatic rings. The smallest absolute Gasteiger partial charge is 0.347 e. The Kier molecular flexibility index (Phi) is 7.03. The zero-order valence-electron chi connectivity index (χ0n) is 20.1. The number of carboxylic acids is 1. The first kappa shape index (κ1) is 25.6. The van der Waals surface area contributed by atoms with Gasteiger partial charge in [-0.3, -0.25) is 4.79 Å². The Labute approximate surface area is 209 Å². The van der Waals surface area contributed by atoms with E-state index < -0.39 is 22.1 Å². The molecule has 11 nitrogen and oxygen atoms in total. The molecule has 1 aromatic rings. The Bertz CT molecular complexity index is 1310. The fourth-order valence-electron chi connectivity index (χ4n) is 4.47. The number of carboxylic acid groups (broad SMARTS) is 1. The number of likely N-dealkylation sites (N-methyl/N-ethyl adjacent to an activating group) is 1. The first-order valence-electron chi connectivity index (χ1n) is 11.4. The highest BCUT2D eigenvalue weighted by molar-refractivity contribution is 7.89. The van der Waals surface area contributed by atoms with Crippen molar-refractivity contribution in [3.05, 3.63) is 58.8 Å². The maximum absolute atomic E-state index is 12.5. The molecular formula is C24H28N4O7S. The number of benzene rings is 1. The highest BCUT2D eigenvalue weighted by atomic mass is 32.2. The van der Waals surface area contributed by atoms with Gasteiger partial charge in [0.15, 0.2) is 5.84 Å². The van der Waals surface area contributed by atoms with E-state index in [1.54, 1.807) is 31.3 Å². The second-order valence-electron chi connectivity index (χ2n) is 8.91. The Balaban J connectivity index is 1.76. The SMILES string of the molecule is CN1CCC2C(c3ccc(S(=O)(=O)N(C)C)cc3)=CC3=CC(=O)NC3=C2C1=NO[C@@H](CCO)C(=O)O. The van der Waals surface area contributed by atoms with E-state index in [0.29, 0.717) is 35.6 Å². The fraction of sp³-hybridized carbons (Fsp3) is 0.375. The lowest BCUT2D eigenvalue weighted by Crippen LogP contribution is -2.42. The highest BCUT2D eigenvalue weighted by Gasteiger charge is 2.39. The number of aliphatic hydroxyl groups excluding tert-OH is 1. The number of amidine groups is 1. The second kappa shape index (κ2) is 9.88. The minimum Gasteiger partial charge on any atom is -0.478 e. The summed E-state index contributed by atoms with van der Waals surface area (Å²) in [5, 5.41) is 25.6. The zero-order chi connectivity index (χ0) is 26.2. The second-order valence-corrected chi connectivity index (χ2v) is 11.1. The summed E-state index contributed by atoms with van der Waals surface area (Å²) < 4.78 is 26.1. The normalized spacial score (nSPS) is 21.6. The van der Waals surface area contributed by atoms with E-state index in [0.717, 1.165) is 15.4 Å². The van der Waals surface area contributed by atoms with Crippen LogP contribution in [-0.4, -0.2) is 85.9 Å². The third-order valence-corrected chi connectivity index (χ3v) is 8.21. The van der Waals surface area contributed by atoms with Gasteiger partial charge in [-0.05, 0) is 35.8 Å². The molecule has 1 saturated heterocycles. The summed E-state index contributed by atoms with van der Waals surface area (Å²) in [7, 11) is 1.16. The van der Waals surface area contributed by atoms with E-state index in [1.165, 1.54) is 20.2 Å². The average Bonchev–Trinajstić information content (AvgIpc) is 3.21. The quantitative estimate of drug-likeness (QED) is 0.429. The first-order chi connectivity index (χ1) is 17.0. The van der Waals surface area contributed by atoms with Crippen molar-refractivity contribution in [2.75, 3.05) is 34.3 Å². The summed E-state index contributed by atoms with van der Waals surface area (Å²) in [6.07, 6.45) is 2.62. The highest BCUT2D eigenvalue weighted by Crippen LogP contribution is 2.44. The number of sulfonamides is 1. The molecule has 1 unspecified atom stereocenters. The molecule has 3 N–H and O–H groups in total. The van der Waals surface area contributed by atoms with Crippen LogP contribution in [0.4, 0.5) is 0 Å². The van der Waals surface area contributed by atoms with Crippen LogP contribution in [0.25, 0.3) is 5.57 Å². The fourth-order valence-corrected chi connectivity index (χ4v) is 5.37. The molecule has 0 bridgehead atoms. The lowest BCUT2D eigenvalue weighted by atomic mass is 9.75. The molecule has 0 spiro atoms. The van der Waals surface area contributed by atoms with Gasteiger partial charge in [-0.15, -0.1) is 0 Å². The minimum absolute atomic E-state index is 0.125. The number of aliphatic carboxylic acids is 1. The summed E-state index contributed by atoms with van der Waals surface area (Å²) in [6.45, 7) is 0.211. The maximum atomic E-state index is 12.5. The number of nitrogens with zero attached hydrogens (tertiary/aromatic N) is 3. The Morgan fingerprint density at radius 1 is 1.28 bits per heavy atom. The van der Waals surface area contributed by atoms with Crippen LogP contribution in [0.15, 0.2) is 63.3 Å². The van der Waals surface area contributed by atoms with Crippen LogP contribution >= 0.6 is 0 Å². The minimum atomic E-state index is -3.58. The van der Waals surface area contributed by atoms with Gasteiger partial charge in [0.25, 0.3) is 0 Å². The summed E-state index contributed by atoms with van der Waals surface area (Å²) in [6, 6.07) is 6.58. The van der Waals surface area contributed by atoms with Crippen molar-refractivity contribution in [1.29, 1.82) is 0 Å². The molecule has 12 heteroatoms. The number of amides is 1. The van der Waals surface area contributed by atoms with Gasteiger partial charge in [0.2, 0.25) is 22.0 Å². The number of likely N-dealkylation sites (tertiary alicyclic amines) is 1. The molecule has 2 aliphatic heterocycles. The third kappa shape index (κ3) is 4.66. The monoisotopic (exact) mass is 516 g/mol. The van der Waals surface area contributed by atoms with Crippen LogP contribution < -0.4 is 5.32 Å². The van der Waals surface area contributed by atoms with Gasteiger partial charge in [0.1, 0.15) is 0 Å². The summed E-state index contributed by atoms with van der Waals surface area (Å²) >= 11 is 0. The van der Waals surface area contributed by atoms with E-state index >= 15 is 0 Å². The van der Waals surface area contributed by atoms with Crippen molar-refractivity contribution in [2.24, 2.45) is 11.1 Å². The molecule has 192 valence electrons. The zero-order valence-corrected chi connectivity index (χ0v) is 20.9. The van der Waals surface area contributed by atoms with E-state index in [4.69, 9.17) is 9.94 Å².